The van der Waals surface area contributed by atoms with Crippen LogP contribution in [0.5, 0.6) is 0 Å². The van der Waals surface area contributed by atoms with Crippen molar-refractivity contribution in [1.29, 1.82) is 5.26 Å². The van der Waals surface area contributed by atoms with E-state index in [1.54, 1.807) is 29.5 Å². The van der Waals surface area contributed by atoms with E-state index in [4.69, 9.17) is 4.74 Å². The lowest BCUT2D eigenvalue weighted by atomic mass is 10.3. The fraction of sp³-hybridized carbons (Fsp3) is 0.0417. The summed E-state index contributed by atoms with van der Waals surface area (Å²) in [6.45, 7) is -0.502. The number of fused-ring (bicyclic) bond motifs is 1. The van der Waals surface area contributed by atoms with Gasteiger partial charge in [-0.05, 0) is 36.4 Å². The number of hydrogen-bond acceptors (Lipinski definition) is 8. The van der Waals surface area contributed by atoms with Crippen LogP contribution in [0.25, 0.3) is 25.8 Å². The van der Waals surface area contributed by atoms with Crippen molar-refractivity contribution in [2.24, 2.45) is 0 Å². The maximum absolute atomic E-state index is 12.5. The highest BCUT2D eigenvalue weighted by molar-refractivity contribution is 7.26. The number of benzene rings is 2. The van der Waals surface area contributed by atoms with Gasteiger partial charge in [-0.25, -0.2) is 14.5 Å². The number of nitrogens with zero attached hydrogens (tertiary/aromatic N) is 4. The number of nitrogens with one attached hydrogen (secondary N) is 1. The number of esters is 1. The Balaban J connectivity index is 1.25. The first-order chi connectivity index (χ1) is 16.6. The van der Waals surface area contributed by atoms with E-state index in [1.807, 2.05) is 54.6 Å². The van der Waals surface area contributed by atoms with Crippen molar-refractivity contribution in [3.63, 3.8) is 0 Å². The number of carbonyl (C=O) groups excluding carboxylic acids is 2. The predicted molar refractivity (Wildman–Crippen MR) is 130 cm³/mol. The molecule has 0 radical (unpaired) electrons. The first-order valence-electron chi connectivity index (χ1n) is 10.1. The summed E-state index contributed by atoms with van der Waals surface area (Å²) in [6.07, 6.45) is 1.36. The molecule has 10 heteroatoms. The molecule has 0 bridgehead atoms. The first kappa shape index (κ1) is 21.5. The second kappa shape index (κ2) is 9.27. The maximum Gasteiger partial charge on any atom is 0.348 e. The summed E-state index contributed by atoms with van der Waals surface area (Å²) in [4.78, 5) is 30.8. The molecule has 8 nitrogen and oxygen atoms in total. The Hall–Kier alpha value is -4.33. The molecule has 2 aromatic carbocycles. The number of carbonyl (C=O) groups is 2. The lowest BCUT2D eigenvalue weighted by Crippen LogP contribution is -2.22. The fourth-order valence-electron chi connectivity index (χ4n) is 3.23. The minimum atomic E-state index is -0.607. The Bertz CT molecular complexity index is 1510. The SMILES string of the molecule is N#Cc1cnn(-c2ccccc2)c1NC(=O)COC(=O)c1ccc(-c2nc3ccccc3s2)s1. The minimum absolute atomic E-state index is 0.197. The molecular formula is C24H15N5O3S2. The largest absolute Gasteiger partial charge is 0.451 e. The molecule has 1 N–H and O–H groups in total. The number of thiazole rings is 1. The second-order valence-electron chi connectivity index (χ2n) is 7.04. The van der Waals surface area contributed by atoms with E-state index < -0.39 is 18.5 Å². The number of ether oxygens (including phenoxy) is 1. The molecule has 5 aromatic rings. The van der Waals surface area contributed by atoms with Gasteiger partial charge in [0.05, 0.1) is 27.0 Å². The zero-order chi connectivity index (χ0) is 23.5. The predicted octanol–water partition coefficient (Wildman–Crippen LogP) is 4.88. The van der Waals surface area contributed by atoms with Crippen molar-refractivity contribution in [3.05, 3.63) is 83.4 Å². The molecule has 0 spiro atoms. The van der Waals surface area contributed by atoms with E-state index in [0.717, 1.165) is 20.1 Å². The molecule has 0 saturated carbocycles. The monoisotopic (exact) mass is 485 g/mol. The summed E-state index contributed by atoms with van der Waals surface area (Å²) in [5.74, 6) is -0.973. The van der Waals surface area contributed by atoms with E-state index in [-0.39, 0.29) is 11.4 Å². The first-order valence-corrected chi connectivity index (χ1v) is 11.7. The summed E-state index contributed by atoms with van der Waals surface area (Å²) in [6, 6.07) is 22.4. The summed E-state index contributed by atoms with van der Waals surface area (Å²) >= 11 is 2.80. The minimum Gasteiger partial charge on any atom is -0.451 e. The van der Waals surface area contributed by atoms with Crippen LogP contribution in [0.3, 0.4) is 0 Å². The molecule has 0 aliphatic heterocycles. The number of amides is 1. The van der Waals surface area contributed by atoms with Crippen molar-refractivity contribution >= 4 is 50.6 Å². The Labute approximate surface area is 201 Å². The molecular weight excluding hydrogens is 470 g/mol. The highest BCUT2D eigenvalue weighted by Gasteiger charge is 2.18. The number of aromatic nitrogens is 3. The standard InChI is InChI=1S/C24H15N5O3S2/c25-12-15-13-26-29(16-6-2-1-3-7-16)22(15)28-21(30)14-32-24(31)20-11-10-19(33-20)23-27-17-8-4-5-9-18(17)34-23/h1-11,13H,14H2,(H,28,30). The van der Waals surface area contributed by atoms with Gasteiger partial charge in [0.1, 0.15) is 21.5 Å². The van der Waals surface area contributed by atoms with E-state index >= 15 is 0 Å². The summed E-state index contributed by atoms with van der Waals surface area (Å²) in [5, 5.41) is 17.0. The van der Waals surface area contributed by atoms with Crippen molar-refractivity contribution < 1.29 is 14.3 Å². The van der Waals surface area contributed by atoms with Gasteiger partial charge in [0.15, 0.2) is 12.4 Å². The third-order valence-corrected chi connectivity index (χ3v) is 7.07. The molecule has 0 aliphatic rings. The fourth-order valence-corrected chi connectivity index (χ4v) is 5.15. The van der Waals surface area contributed by atoms with Crippen LogP contribution in [0.1, 0.15) is 15.2 Å². The van der Waals surface area contributed by atoms with Crippen LogP contribution in [-0.4, -0.2) is 33.2 Å². The van der Waals surface area contributed by atoms with Crippen molar-refractivity contribution in [3.8, 4) is 21.6 Å². The van der Waals surface area contributed by atoms with Crippen LogP contribution in [0.2, 0.25) is 0 Å². The molecule has 5 rings (SSSR count). The molecule has 3 aromatic heterocycles. The van der Waals surface area contributed by atoms with Crippen molar-refractivity contribution in [2.75, 3.05) is 11.9 Å². The quantitative estimate of drug-likeness (QED) is 0.343. The van der Waals surface area contributed by atoms with Crippen LogP contribution in [0.4, 0.5) is 5.82 Å². The summed E-state index contributed by atoms with van der Waals surface area (Å²) < 4.78 is 7.71. The van der Waals surface area contributed by atoms with Crippen molar-refractivity contribution in [2.45, 2.75) is 0 Å². The highest BCUT2D eigenvalue weighted by Crippen LogP contribution is 2.34. The van der Waals surface area contributed by atoms with Gasteiger partial charge in [-0.1, -0.05) is 30.3 Å². The van der Waals surface area contributed by atoms with E-state index in [0.29, 0.717) is 10.6 Å². The van der Waals surface area contributed by atoms with Crippen LogP contribution in [0, 0.1) is 11.3 Å². The number of thiophene rings is 1. The average molecular weight is 486 g/mol. The normalized spacial score (nSPS) is 10.7. The van der Waals surface area contributed by atoms with Gasteiger partial charge in [-0.15, -0.1) is 22.7 Å². The van der Waals surface area contributed by atoms with Crippen LogP contribution >= 0.6 is 22.7 Å². The molecule has 0 fully saturated rings. The Morgan fingerprint density at radius 3 is 2.62 bits per heavy atom. The summed E-state index contributed by atoms with van der Waals surface area (Å²) in [7, 11) is 0. The van der Waals surface area contributed by atoms with Crippen LogP contribution in [0.15, 0.2) is 72.9 Å². The molecule has 166 valence electrons. The Kier molecular flexibility index (Phi) is 5.86. The van der Waals surface area contributed by atoms with Crippen LogP contribution in [-0.2, 0) is 9.53 Å². The van der Waals surface area contributed by atoms with Gasteiger partial charge in [0.25, 0.3) is 5.91 Å². The van der Waals surface area contributed by atoms with E-state index in [1.165, 1.54) is 22.2 Å². The van der Waals surface area contributed by atoms with Crippen LogP contribution < -0.4 is 5.32 Å². The molecule has 0 unspecified atom stereocenters. The third kappa shape index (κ3) is 4.30. The Morgan fingerprint density at radius 2 is 1.82 bits per heavy atom. The van der Waals surface area contributed by atoms with Gasteiger partial charge >= 0.3 is 5.97 Å². The van der Waals surface area contributed by atoms with Crippen molar-refractivity contribution in [1.82, 2.24) is 14.8 Å². The zero-order valence-electron chi connectivity index (χ0n) is 17.5. The topological polar surface area (TPSA) is 110 Å². The maximum atomic E-state index is 12.5. The lowest BCUT2D eigenvalue weighted by molar-refractivity contribution is -0.119. The molecule has 1 amide bonds. The zero-order valence-corrected chi connectivity index (χ0v) is 19.1. The molecule has 3 heterocycles. The number of anilines is 1. The average Bonchev–Trinajstić information content (AvgIpc) is 3.61. The van der Waals surface area contributed by atoms with Gasteiger partial charge in [-0.2, -0.15) is 10.4 Å². The number of para-hydroxylation sites is 2. The Morgan fingerprint density at radius 1 is 1.03 bits per heavy atom. The highest BCUT2D eigenvalue weighted by atomic mass is 32.1. The number of rotatable bonds is 6. The second-order valence-corrected chi connectivity index (χ2v) is 9.16. The number of hydrogen-bond donors (Lipinski definition) is 1. The molecule has 0 aliphatic carbocycles. The van der Waals surface area contributed by atoms with Gasteiger partial charge in [-0.3, -0.25) is 4.79 Å². The van der Waals surface area contributed by atoms with E-state index in [2.05, 4.69) is 15.4 Å². The number of nitriles is 1. The van der Waals surface area contributed by atoms with E-state index in [9.17, 15) is 14.9 Å². The lowest BCUT2D eigenvalue weighted by Gasteiger charge is -2.09. The smallest absolute Gasteiger partial charge is 0.348 e. The molecule has 34 heavy (non-hydrogen) atoms. The van der Waals surface area contributed by atoms with Gasteiger partial charge < -0.3 is 10.1 Å². The summed E-state index contributed by atoms with van der Waals surface area (Å²) in [5.41, 5.74) is 1.78. The third-order valence-electron chi connectivity index (χ3n) is 4.79. The molecule has 0 saturated heterocycles. The van der Waals surface area contributed by atoms with Gasteiger partial charge in [0, 0.05) is 0 Å². The molecule has 0 atom stereocenters. The van der Waals surface area contributed by atoms with Gasteiger partial charge in [0.2, 0.25) is 0 Å².